The Morgan fingerprint density at radius 3 is 2.78 bits per heavy atom. The molecule has 1 unspecified atom stereocenters. The van der Waals surface area contributed by atoms with Crippen molar-refractivity contribution in [1.82, 2.24) is 5.32 Å². The van der Waals surface area contributed by atoms with E-state index in [0.29, 0.717) is 0 Å². The lowest BCUT2D eigenvalue weighted by molar-refractivity contribution is 0.352. The summed E-state index contributed by atoms with van der Waals surface area (Å²) < 4.78 is 12.8. The first-order chi connectivity index (χ1) is 8.75. The zero-order chi connectivity index (χ0) is 12.8. The number of nitrogens with zero attached hydrogens (tertiary/aromatic N) is 1. The van der Waals surface area contributed by atoms with Gasteiger partial charge in [-0.15, -0.1) is 0 Å². The second-order valence-electron chi connectivity index (χ2n) is 5.25. The maximum absolute atomic E-state index is 12.8. The number of rotatable bonds is 5. The fourth-order valence-electron chi connectivity index (χ4n) is 2.61. The molecule has 1 atom stereocenters. The van der Waals surface area contributed by atoms with E-state index >= 15 is 0 Å². The molecular formula is C15H23FN2. The summed E-state index contributed by atoms with van der Waals surface area (Å²) in [7, 11) is 2.08. The molecule has 0 aromatic heterocycles. The summed E-state index contributed by atoms with van der Waals surface area (Å²) in [4.78, 5) is 2.20. The minimum Gasteiger partial charge on any atom is -0.375 e. The zero-order valence-corrected chi connectivity index (χ0v) is 11.2. The summed E-state index contributed by atoms with van der Waals surface area (Å²) in [5.74, 6) is 0.681. The van der Waals surface area contributed by atoms with Crippen molar-refractivity contribution < 1.29 is 4.39 Å². The monoisotopic (exact) mass is 250 g/mol. The summed E-state index contributed by atoms with van der Waals surface area (Å²) in [5.41, 5.74) is 1.10. The van der Waals surface area contributed by atoms with Crippen LogP contribution >= 0.6 is 0 Å². The number of anilines is 1. The molecule has 0 saturated carbocycles. The molecule has 3 heteroatoms. The first kappa shape index (κ1) is 13.3. The molecule has 0 amide bonds. The minimum atomic E-state index is -0.166. The molecule has 1 aromatic carbocycles. The Hall–Kier alpha value is -1.09. The predicted molar refractivity (Wildman–Crippen MR) is 74.5 cm³/mol. The third-order valence-electron chi connectivity index (χ3n) is 3.77. The van der Waals surface area contributed by atoms with Crippen LogP contribution < -0.4 is 10.2 Å². The van der Waals surface area contributed by atoms with E-state index in [1.807, 2.05) is 12.1 Å². The lowest BCUT2D eigenvalue weighted by Gasteiger charge is -2.24. The van der Waals surface area contributed by atoms with Gasteiger partial charge in [0.25, 0.3) is 0 Å². The lowest BCUT2D eigenvalue weighted by Crippen LogP contribution is -2.30. The van der Waals surface area contributed by atoms with Crippen molar-refractivity contribution in [1.29, 1.82) is 0 Å². The van der Waals surface area contributed by atoms with Crippen LogP contribution in [0, 0.1) is 11.7 Å². The topological polar surface area (TPSA) is 15.3 Å². The van der Waals surface area contributed by atoms with Gasteiger partial charge in [-0.3, -0.25) is 0 Å². The molecule has 1 aliphatic rings. The fraction of sp³-hybridized carbons (Fsp3) is 0.600. The largest absolute Gasteiger partial charge is 0.375 e. The SMILES string of the molecule is CN(CCCC1CCCNC1)c1ccc(F)cc1. The minimum absolute atomic E-state index is 0.166. The zero-order valence-electron chi connectivity index (χ0n) is 11.2. The van der Waals surface area contributed by atoms with E-state index in [2.05, 4.69) is 17.3 Å². The van der Waals surface area contributed by atoms with Crippen LogP contribution in [0.3, 0.4) is 0 Å². The van der Waals surface area contributed by atoms with Gasteiger partial charge in [-0.1, -0.05) is 0 Å². The quantitative estimate of drug-likeness (QED) is 0.864. The second kappa shape index (κ2) is 6.74. The summed E-state index contributed by atoms with van der Waals surface area (Å²) in [5, 5.41) is 3.46. The Morgan fingerprint density at radius 2 is 2.11 bits per heavy atom. The normalized spacial score (nSPS) is 19.8. The maximum Gasteiger partial charge on any atom is 0.123 e. The van der Waals surface area contributed by atoms with E-state index in [0.717, 1.165) is 18.2 Å². The molecule has 0 aliphatic carbocycles. The molecule has 0 radical (unpaired) electrons. The van der Waals surface area contributed by atoms with Crippen molar-refractivity contribution in [2.45, 2.75) is 25.7 Å². The summed E-state index contributed by atoms with van der Waals surface area (Å²) in [6, 6.07) is 6.74. The van der Waals surface area contributed by atoms with Gasteiger partial charge in [0.1, 0.15) is 5.82 Å². The van der Waals surface area contributed by atoms with E-state index in [9.17, 15) is 4.39 Å². The van der Waals surface area contributed by atoms with Crippen LogP contribution in [0.4, 0.5) is 10.1 Å². The standard InChI is InChI=1S/C15H23FN2/c1-18(15-8-6-14(16)7-9-15)11-3-5-13-4-2-10-17-12-13/h6-9,13,17H,2-5,10-12H2,1H3. The molecule has 1 N–H and O–H groups in total. The van der Waals surface area contributed by atoms with Gasteiger partial charge in [0.15, 0.2) is 0 Å². The number of benzene rings is 1. The van der Waals surface area contributed by atoms with Crippen molar-refractivity contribution in [3.63, 3.8) is 0 Å². The first-order valence-corrected chi connectivity index (χ1v) is 6.93. The Labute approximate surface area is 109 Å². The molecule has 100 valence electrons. The Kier molecular flexibility index (Phi) is 5.00. The van der Waals surface area contributed by atoms with Crippen molar-refractivity contribution in [2.75, 3.05) is 31.6 Å². The van der Waals surface area contributed by atoms with E-state index < -0.39 is 0 Å². The summed E-state index contributed by atoms with van der Waals surface area (Å²) in [6.45, 7) is 3.41. The summed E-state index contributed by atoms with van der Waals surface area (Å²) >= 11 is 0. The molecular weight excluding hydrogens is 227 g/mol. The van der Waals surface area contributed by atoms with Gasteiger partial charge in [-0.05, 0) is 69.0 Å². The highest BCUT2D eigenvalue weighted by Crippen LogP contribution is 2.18. The predicted octanol–water partition coefficient (Wildman–Crippen LogP) is 3.04. The van der Waals surface area contributed by atoms with Crippen molar-refractivity contribution in [3.8, 4) is 0 Å². The van der Waals surface area contributed by atoms with Crippen LogP contribution in [0.15, 0.2) is 24.3 Å². The Morgan fingerprint density at radius 1 is 1.33 bits per heavy atom. The number of hydrogen-bond acceptors (Lipinski definition) is 2. The first-order valence-electron chi connectivity index (χ1n) is 6.93. The second-order valence-corrected chi connectivity index (χ2v) is 5.25. The average Bonchev–Trinajstić information content (AvgIpc) is 2.40. The van der Waals surface area contributed by atoms with Gasteiger partial charge in [-0.25, -0.2) is 4.39 Å². The highest BCUT2D eigenvalue weighted by Gasteiger charge is 2.12. The van der Waals surface area contributed by atoms with Crippen LogP contribution in [0.1, 0.15) is 25.7 Å². The van der Waals surface area contributed by atoms with Crippen molar-refractivity contribution in [2.24, 2.45) is 5.92 Å². The molecule has 18 heavy (non-hydrogen) atoms. The number of halogens is 1. The third kappa shape index (κ3) is 3.98. The number of hydrogen-bond donors (Lipinski definition) is 1. The molecule has 1 heterocycles. The van der Waals surface area contributed by atoms with Gasteiger partial charge in [0, 0.05) is 19.3 Å². The molecule has 2 nitrogen and oxygen atoms in total. The van der Waals surface area contributed by atoms with Crippen LogP contribution in [0.5, 0.6) is 0 Å². The smallest absolute Gasteiger partial charge is 0.123 e. The van der Waals surface area contributed by atoms with Gasteiger partial charge in [0.05, 0.1) is 0 Å². The summed E-state index contributed by atoms with van der Waals surface area (Å²) in [6.07, 6.45) is 5.19. The molecule has 1 saturated heterocycles. The average molecular weight is 250 g/mol. The fourth-order valence-corrected chi connectivity index (χ4v) is 2.61. The van der Waals surface area contributed by atoms with Crippen LogP contribution in [-0.2, 0) is 0 Å². The van der Waals surface area contributed by atoms with Crippen LogP contribution in [0.2, 0.25) is 0 Å². The lowest BCUT2D eigenvalue weighted by atomic mass is 9.95. The van der Waals surface area contributed by atoms with Gasteiger partial charge >= 0.3 is 0 Å². The number of nitrogens with one attached hydrogen (secondary N) is 1. The Balaban J connectivity index is 1.70. The number of piperidine rings is 1. The maximum atomic E-state index is 12.8. The van der Waals surface area contributed by atoms with Crippen LogP contribution in [-0.4, -0.2) is 26.7 Å². The van der Waals surface area contributed by atoms with Crippen molar-refractivity contribution >= 4 is 5.69 Å². The molecule has 0 bridgehead atoms. The Bertz CT molecular complexity index is 344. The van der Waals surface area contributed by atoms with E-state index in [1.165, 1.54) is 50.9 Å². The van der Waals surface area contributed by atoms with Crippen molar-refractivity contribution in [3.05, 3.63) is 30.1 Å². The van der Waals surface area contributed by atoms with Crippen LogP contribution in [0.25, 0.3) is 0 Å². The molecule has 0 spiro atoms. The van der Waals surface area contributed by atoms with E-state index in [1.54, 1.807) is 0 Å². The van der Waals surface area contributed by atoms with E-state index in [-0.39, 0.29) is 5.82 Å². The molecule has 2 rings (SSSR count). The molecule has 1 aromatic rings. The highest BCUT2D eigenvalue weighted by atomic mass is 19.1. The highest BCUT2D eigenvalue weighted by molar-refractivity contribution is 5.45. The molecule has 1 fully saturated rings. The van der Waals surface area contributed by atoms with Gasteiger partial charge in [0.2, 0.25) is 0 Å². The third-order valence-corrected chi connectivity index (χ3v) is 3.77. The van der Waals surface area contributed by atoms with Gasteiger partial charge in [-0.2, -0.15) is 0 Å². The molecule has 1 aliphatic heterocycles. The van der Waals surface area contributed by atoms with E-state index in [4.69, 9.17) is 0 Å². The van der Waals surface area contributed by atoms with Gasteiger partial charge < -0.3 is 10.2 Å².